The molecule has 1 saturated heterocycles. The van der Waals surface area contributed by atoms with Crippen molar-refractivity contribution in [3.8, 4) is 11.3 Å². The molecule has 36 heavy (non-hydrogen) atoms. The molecular formula is C29H44N6O. The molecule has 0 bridgehead atoms. The minimum atomic E-state index is 0.113. The predicted molar refractivity (Wildman–Crippen MR) is 148 cm³/mol. The van der Waals surface area contributed by atoms with Crippen molar-refractivity contribution >= 4 is 11.5 Å². The van der Waals surface area contributed by atoms with Gasteiger partial charge in [-0.05, 0) is 89.7 Å². The van der Waals surface area contributed by atoms with E-state index in [-0.39, 0.29) is 5.56 Å². The van der Waals surface area contributed by atoms with Gasteiger partial charge in [-0.2, -0.15) is 5.10 Å². The summed E-state index contributed by atoms with van der Waals surface area (Å²) in [5, 5.41) is 8.53. The van der Waals surface area contributed by atoms with Crippen LogP contribution >= 0.6 is 0 Å². The molecule has 1 N–H and O–H groups in total. The highest BCUT2D eigenvalue weighted by molar-refractivity contribution is 6.00. The minimum absolute atomic E-state index is 0.113. The van der Waals surface area contributed by atoms with Gasteiger partial charge in [-0.3, -0.25) is 19.4 Å². The van der Waals surface area contributed by atoms with Crippen molar-refractivity contribution in [3.63, 3.8) is 0 Å². The van der Waals surface area contributed by atoms with Gasteiger partial charge in [0.1, 0.15) is 5.82 Å². The zero-order chi connectivity index (χ0) is 25.6. The third kappa shape index (κ3) is 4.67. The van der Waals surface area contributed by atoms with E-state index < -0.39 is 0 Å². The highest BCUT2D eigenvalue weighted by Crippen LogP contribution is 2.51. The molecule has 0 amide bonds. The monoisotopic (exact) mass is 492 g/mol. The second-order valence-electron chi connectivity index (χ2n) is 11.6. The summed E-state index contributed by atoms with van der Waals surface area (Å²) in [6.07, 6.45) is 10.8. The molecule has 1 atom stereocenters. The molecule has 7 nitrogen and oxygen atoms in total. The number of aryl methyl sites for hydroxylation is 1. The lowest BCUT2D eigenvalue weighted by molar-refractivity contribution is 0.157. The van der Waals surface area contributed by atoms with Crippen LogP contribution < -0.4 is 10.9 Å². The Bertz CT molecular complexity index is 1190. The number of hydrogen-bond acceptors (Lipinski definition) is 5. The lowest BCUT2D eigenvalue weighted by atomic mass is 9.96. The van der Waals surface area contributed by atoms with E-state index in [1.165, 1.54) is 51.5 Å². The first-order valence-corrected chi connectivity index (χ1v) is 14.0. The van der Waals surface area contributed by atoms with Gasteiger partial charge in [-0.25, -0.2) is 0 Å². The SMILES string of the molecule is CCC1(C)CCCN1CCNc1cc(-c2cn(C(C3CC3)C3CC3)c(=O)c(/C(C)=N\C)c2C)nn1C. The molecule has 0 spiro atoms. The Kier molecular flexibility index (Phi) is 6.88. The number of nitrogens with zero attached hydrogens (tertiary/aromatic N) is 5. The zero-order valence-electron chi connectivity index (χ0n) is 23.1. The maximum atomic E-state index is 13.7. The standard InChI is InChI=1S/C29H44N6O/c1-7-29(4)13-8-15-34(29)16-14-31-25-17-24(32-33(25)6)23-18-35(27(21-9-10-21)22-11-12-22)28(36)26(19(23)2)20(3)30-5/h17-18,21-22,27,31H,7-16H2,1-6H3/b30-20-. The van der Waals surface area contributed by atoms with Crippen LogP contribution in [0.3, 0.4) is 0 Å². The van der Waals surface area contributed by atoms with Crippen LogP contribution in [0.4, 0.5) is 5.82 Å². The summed E-state index contributed by atoms with van der Waals surface area (Å²) in [4.78, 5) is 20.8. The number of nitrogens with one attached hydrogen (secondary N) is 1. The van der Waals surface area contributed by atoms with Gasteiger partial charge in [-0.1, -0.05) is 6.92 Å². The molecular weight excluding hydrogens is 448 g/mol. The summed E-state index contributed by atoms with van der Waals surface area (Å²) in [5.41, 5.74) is 4.93. The van der Waals surface area contributed by atoms with E-state index in [0.717, 1.165) is 47.0 Å². The number of anilines is 1. The largest absolute Gasteiger partial charge is 0.369 e. The molecule has 5 rings (SSSR count). The maximum absolute atomic E-state index is 13.7. The quantitative estimate of drug-likeness (QED) is 0.472. The number of likely N-dealkylation sites (tertiary alicyclic amines) is 1. The molecule has 0 radical (unpaired) electrons. The Labute approximate surface area is 216 Å². The fourth-order valence-corrected chi connectivity index (χ4v) is 6.40. The summed E-state index contributed by atoms with van der Waals surface area (Å²) >= 11 is 0. The van der Waals surface area contributed by atoms with Crippen molar-refractivity contribution < 1.29 is 0 Å². The number of aliphatic imine (C=N–C) groups is 1. The lowest BCUT2D eigenvalue weighted by Crippen LogP contribution is -2.42. The topological polar surface area (TPSA) is 67.4 Å². The summed E-state index contributed by atoms with van der Waals surface area (Å²) in [7, 11) is 3.78. The second-order valence-corrected chi connectivity index (χ2v) is 11.6. The fraction of sp³-hybridized carbons (Fsp3) is 0.690. The number of hydrogen-bond donors (Lipinski definition) is 1. The van der Waals surface area contributed by atoms with E-state index in [4.69, 9.17) is 5.10 Å². The van der Waals surface area contributed by atoms with Crippen LogP contribution in [0, 0.1) is 18.8 Å². The molecule has 1 aliphatic heterocycles. The molecule has 2 aromatic heterocycles. The highest BCUT2D eigenvalue weighted by atomic mass is 16.1. The van der Waals surface area contributed by atoms with E-state index in [2.05, 4.69) is 52.8 Å². The van der Waals surface area contributed by atoms with Gasteiger partial charge in [0.2, 0.25) is 0 Å². The van der Waals surface area contributed by atoms with Crippen LogP contribution in [0.15, 0.2) is 22.1 Å². The van der Waals surface area contributed by atoms with Crippen molar-refractivity contribution in [3.05, 3.63) is 33.7 Å². The van der Waals surface area contributed by atoms with Crippen molar-refractivity contribution in [1.82, 2.24) is 19.2 Å². The fourth-order valence-electron chi connectivity index (χ4n) is 6.40. The van der Waals surface area contributed by atoms with E-state index in [1.807, 2.05) is 18.7 Å². The Hall–Kier alpha value is -2.41. The minimum Gasteiger partial charge on any atom is -0.369 e. The predicted octanol–water partition coefficient (Wildman–Crippen LogP) is 5.03. The van der Waals surface area contributed by atoms with Gasteiger partial charge in [0, 0.05) is 62.3 Å². The van der Waals surface area contributed by atoms with Gasteiger partial charge >= 0.3 is 0 Å². The van der Waals surface area contributed by atoms with Gasteiger partial charge in [0.15, 0.2) is 0 Å². The third-order valence-electron chi connectivity index (χ3n) is 9.24. The van der Waals surface area contributed by atoms with Crippen molar-refractivity contribution in [1.29, 1.82) is 0 Å². The first kappa shape index (κ1) is 25.2. The van der Waals surface area contributed by atoms with Crippen molar-refractivity contribution in [2.75, 3.05) is 32.0 Å². The lowest BCUT2D eigenvalue weighted by Gasteiger charge is -2.34. The molecule has 7 heteroatoms. The number of pyridine rings is 1. The molecule has 3 fully saturated rings. The van der Waals surface area contributed by atoms with Crippen LogP contribution in [0.25, 0.3) is 11.3 Å². The Balaban J connectivity index is 1.44. The van der Waals surface area contributed by atoms with Crippen LogP contribution in [-0.4, -0.2) is 57.2 Å². The van der Waals surface area contributed by atoms with Crippen LogP contribution in [0.1, 0.15) is 82.9 Å². The van der Waals surface area contributed by atoms with Crippen molar-refractivity contribution in [2.45, 2.75) is 84.2 Å². The average molecular weight is 493 g/mol. The maximum Gasteiger partial charge on any atom is 0.260 e. The van der Waals surface area contributed by atoms with Gasteiger partial charge in [-0.15, -0.1) is 0 Å². The Morgan fingerprint density at radius 3 is 2.58 bits per heavy atom. The molecule has 0 aromatic carbocycles. The summed E-state index contributed by atoms with van der Waals surface area (Å²) in [5.74, 6) is 2.29. The van der Waals surface area contributed by atoms with Crippen LogP contribution in [0.2, 0.25) is 0 Å². The van der Waals surface area contributed by atoms with Crippen molar-refractivity contribution in [2.24, 2.45) is 23.9 Å². The van der Waals surface area contributed by atoms with E-state index in [9.17, 15) is 4.79 Å². The molecule has 3 aliphatic rings. The first-order chi connectivity index (χ1) is 17.3. The molecule has 2 aliphatic carbocycles. The van der Waals surface area contributed by atoms with E-state index >= 15 is 0 Å². The average Bonchev–Trinajstić information content (AvgIpc) is 3.79. The molecule has 1 unspecified atom stereocenters. The summed E-state index contributed by atoms with van der Waals surface area (Å²) < 4.78 is 4.00. The van der Waals surface area contributed by atoms with E-state index in [0.29, 0.717) is 23.4 Å². The highest BCUT2D eigenvalue weighted by Gasteiger charge is 2.43. The van der Waals surface area contributed by atoms with Gasteiger partial charge < -0.3 is 9.88 Å². The summed E-state index contributed by atoms with van der Waals surface area (Å²) in [6.45, 7) is 11.8. The van der Waals surface area contributed by atoms with Crippen LogP contribution in [-0.2, 0) is 7.05 Å². The number of aromatic nitrogens is 3. The normalized spacial score (nSPS) is 23.1. The second kappa shape index (κ2) is 9.81. The molecule has 196 valence electrons. The zero-order valence-corrected chi connectivity index (χ0v) is 23.1. The first-order valence-electron chi connectivity index (χ1n) is 14.0. The Morgan fingerprint density at radius 1 is 1.28 bits per heavy atom. The van der Waals surface area contributed by atoms with Crippen LogP contribution in [0.5, 0.6) is 0 Å². The van der Waals surface area contributed by atoms with Gasteiger partial charge in [0.25, 0.3) is 5.56 Å². The Morgan fingerprint density at radius 2 is 1.97 bits per heavy atom. The third-order valence-corrected chi connectivity index (χ3v) is 9.24. The molecule has 3 heterocycles. The van der Waals surface area contributed by atoms with Gasteiger partial charge in [0.05, 0.1) is 11.3 Å². The molecule has 2 aromatic rings. The summed E-state index contributed by atoms with van der Waals surface area (Å²) in [6, 6.07) is 2.46. The smallest absolute Gasteiger partial charge is 0.260 e. The molecule has 2 saturated carbocycles. The number of rotatable bonds is 10. The van der Waals surface area contributed by atoms with E-state index in [1.54, 1.807) is 7.05 Å².